The molecule has 0 amide bonds. The van der Waals surface area contributed by atoms with E-state index in [0.29, 0.717) is 5.69 Å². The highest BCUT2D eigenvalue weighted by Gasteiger charge is 2.11. The Balaban J connectivity index is 2.29. The van der Waals surface area contributed by atoms with Gasteiger partial charge in [-0.25, -0.2) is 0 Å². The van der Waals surface area contributed by atoms with Gasteiger partial charge >= 0.3 is 0 Å². The second kappa shape index (κ2) is 5.40. The molecule has 0 atom stereocenters. The summed E-state index contributed by atoms with van der Waals surface area (Å²) >= 11 is 0. The molecule has 0 aliphatic heterocycles. The van der Waals surface area contributed by atoms with Gasteiger partial charge in [-0.1, -0.05) is 0 Å². The molecule has 7 nitrogen and oxygen atoms in total. The van der Waals surface area contributed by atoms with Crippen molar-refractivity contribution >= 4 is 17.1 Å². The van der Waals surface area contributed by atoms with Crippen LogP contribution in [0.4, 0.5) is 17.1 Å². The molecular weight excluding hydrogens is 258 g/mol. The van der Waals surface area contributed by atoms with E-state index in [1.165, 1.54) is 18.2 Å². The average Bonchev–Trinajstić information content (AvgIpc) is 2.87. The summed E-state index contributed by atoms with van der Waals surface area (Å²) in [6.07, 6.45) is 3.45. The Bertz CT molecular complexity index is 684. The normalized spacial score (nSPS) is 10.3. The molecule has 0 aliphatic rings. The van der Waals surface area contributed by atoms with Crippen LogP contribution in [0.25, 0.3) is 0 Å². The van der Waals surface area contributed by atoms with Crippen molar-refractivity contribution in [1.29, 1.82) is 5.26 Å². The van der Waals surface area contributed by atoms with E-state index in [9.17, 15) is 10.1 Å². The Morgan fingerprint density at radius 1 is 1.50 bits per heavy atom. The van der Waals surface area contributed by atoms with Crippen LogP contribution in [0.2, 0.25) is 0 Å². The fraction of sp³-hybridized carbons (Fsp3) is 0.231. The van der Waals surface area contributed by atoms with Gasteiger partial charge in [0.15, 0.2) is 0 Å². The van der Waals surface area contributed by atoms with Crippen LogP contribution in [0, 0.1) is 21.4 Å². The van der Waals surface area contributed by atoms with E-state index in [4.69, 9.17) is 5.26 Å². The van der Waals surface area contributed by atoms with Gasteiger partial charge in [0.2, 0.25) is 0 Å². The molecule has 0 aliphatic carbocycles. The molecule has 0 saturated heterocycles. The largest absolute Gasteiger partial charge is 0.352 e. The number of rotatable bonds is 4. The molecule has 20 heavy (non-hydrogen) atoms. The zero-order valence-corrected chi connectivity index (χ0v) is 11.1. The van der Waals surface area contributed by atoms with Crippen molar-refractivity contribution in [2.24, 2.45) is 0 Å². The highest BCUT2D eigenvalue weighted by Crippen LogP contribution is 2.24. The lowest BCUT2D eigenvalue weighted by Crippen LogP contribution is -2.00. The van der Waals surface area contributed by atoms with Crippen LogP contribution in [-0.4, -0.2) is 14.7 Å². The molecule has 0 fully saturated rings. The highest BCUT2D eigenvalue weighted by molar-refractivity contribution is 5.67. The van der Waals surface area contributed by atoms with Crippen molar-refractivity contribution in [2.45, 2.75) is 19.9 Å². The van der Waals surface area contributed by atoms with Gasteiger partial charge in [0.05, 0.1) is 28.1 Å². The molecule has 1 aromatic carbocycles. The van der Waals surface area contributed by atoms with Crippen molar-refractivity contribution in [3.05, 3.63) is 46.3 Å². The predicted molar refractivity (Wildman–Crippen MR) is 73.7 cm³/mol. The minimum Gasteiger partial charge on any atom is -0.352 e. The quantitative estimate of drug-likeness (QED) is 0.681. The lowest BCUT2D eigenvalue weighted by molar-refractivity contribution is -0.384. The van der Waals surface area contributed by atoms with Crippen molar-refractivity contribution in [3.63, 3.8) is 0 Å². The van der Waals surface area contributed by atoms with Crippen LogP contribution < -0.4 is 5.32 Å². The summed E-state index contributed by atoms with van der Waals surface area (Å²) in [5.74, 6) is 0. The number of anilines is 2. The smallest absolute Gasteiger partial charge is 0.270 e. The first-order chi connectivity index (χ1) is 9.51. The number of non-ortho nitro benzene ring substituents is 1. The summed E-state index contributed by atoms with van der Waals surface area (Å²) in [6.45, 7) is 4.01. The summed E-state index contributed by atoms with van der Waals surface area (Å²) in [5, 5.41) is 27.0. The minimum atomic E-state index is -0.526. The third kappa shape index (κ3) is 2.75. The van der Waals surface area contributed by atoms with Gasteiger partial charge < -0.3 is 5.32 Å². The van der Waals surface area contributed by atoms with Crippen LogP contribution in [0.1, 0.15) is 25.5 Å². The number of nitriles is 1. The molecule has 102 valence electrons. The molecule has 0 radical (unpaired) electrons. The topological polar surface area (TPSA) is 96.8 Å². The average molecular weight is 271 g/mol. The van der Waals surface area contributed by atoms with E-state index in [2.05, 4.69) is 10.4 Å². The minimum absolute atomic E-state index is 0.107. The van der Waals surface area contributed by atoms with E-state index in [-0.39, 0.29) is 17.3 Å². The van der Waals surface area contributed by atoms with Crippen LogP contribution in [0.15, 0.2) is 30.6 Å². The van der Waals surface area contributed by atoms with Gasteiger partial charge in [0.1, 0.15) is 6.07 Å². The predicted octanol–water partition coefficient (Wildman–Crippen LogP) is 2.99. The van der Waals surface area contributed by atoms with E-state index in [1.807, 2.05) is 26.1 Å². The lowest BCUT2D eigenvalue weighted by Gasteiger charge is -2.06. The number of nitrogens with zero attached hydrogens (tertiary/aromatic N) is 4. The number of hydrogen-bond donors (Lipinski definition) is 1. The Morgan fingerprint density at radius 2 is 2.25 bits per heavy atom. The van der Waals surface area contributed by atoms with Gasteiger partial charge in [-0.2, -0.15) is 10.4 Å². The SMILES string of the molecule is CC(C)n1cc(Nc2ccc([N+](=O)[O-])cc2C#N)cn1. The molecule has 7 heteroatoms. The summed E-state index contributed by atoms with van der Waals surface area (Å²) in [4.78, 5) is 10.2. The maximum atomic E-state index is 10.7. The zero-order valence-electron chi connectivity index (χ0n) is 11.1. The van der Waals surface area contributed by atoms with Crippen molar-refractivity contribution < 1.29 is 4.92 Å². The standard InChI is InChI=1S/C13H13N5O2/c1-9(2)17-8-11(7-15-17)16-13-4-3-12(18(19)20)5-10(13)6-14/h3-5,7-9,16H,1-2H3. The summed E-state index contributed by atoms with van der Waals surface area (Å²) in [7, 11) is 0. The van der Waals surface area contributed by atoms with Crippen LogP contribution >= 0.6 is 0 Å². The zero-order chi connectivity index (χ0) is 14.7. The van der Waals surface area contributed by atoms with E-state index in [1.54, 1.807) is 10.9 Å². The van der Waals surface area contributed by atoms with E-state index < -0.39 is 4.92 Å². The van der Waals surface area contributed by atoms with Crippen LogP contribution in [-0.2, 0) is 0 Å². The van der Waals surface area contributed by atoms with E-state index in [0.717, 1.165) is 5.69 Å². The van der Waals surface area contributed by atoms with Gasteiger partial charge in [0, 0.05) is 24.4 Å². The second-order valence-corrected chi connectivity index (χ2v) is 4.53. The third-order valence-corrected chi connectivity index (χ3v) is 2.74. The molecule has 1 N–H and O–H groups in total. The van der Waals surface area contributed by atoms with Crippen molar-refractivity contribution in [2.75, 3.05) is 5.32 Å². The number of nitro groups is 1. The summed E-state index contributed by atoms with van der Waals surface area (Å²) in [6, 6.07) is 6.30. The monoisotopic (exact) mass is 271 g/mol. The lowest BCUT2D eigenvalue weighted by atomic mass is 10.1. The second-order valence-electron chi connectivity index (χ2n) is 4.53. The van der Waals surface area contributed by atoms with Gasteiger partial charge in [-0.15, -0.1) is 0 Å². The van der Waals surface area contributed by atoms with Crippen molar-refractivity contribution in [1.82, 2.24) is 9.78 Å². The summed E-state index contributed by atoms with van der Waals surface area (Å²) < 4.78 is 1.78. The molecule has 0 unspecified atom stereocenters. The fourth-order valence-electron chi connectivity index (χ4n) is 1.69. The number of hydrogen-bond acceptors (Lipinski definition) is 5. The van der Waals surface area contributed by atoms with Crippen LogP contribution in [0.5, 0.6) is 0 Å². The number of nitrogens with one attached hydrogen (secondary N) is 1. The molecular formula is C13H13N5O2. The number of aromatic nitrogens is 2. The molecule has 2 rings (SSSR count). The number of nitro benzene ring substituents is 1. The highest BCUT2D eigenvalue weighted by atomic mass is 16.6. The van der Waals surface area contributed by atoms with Gasteiger partial charge in [-0.3, -0.25) is 14.8 Å². The third-order valence-electron chi connectivity index (χ3n) is 2.74. The molecule has 0 bridgehead atoms. The maximum absolute atomic E-state index is 10.7. The summed E-state index contributed by atoms with van der Waals surface area (Å²) in [5.41, 5.74) is 1.35. The molecule has 1 aromatic heterocycles. The Labute approximate surface area is 115 Å². The molecule has 0 saturated carbocycles. The molecule has 1 heterocycles. The fourth-order valence-corrected chi connectivity index (χ4v) is 1.69. The number of benzene rings is 1. The van der Waals surface area contributed by atoms with E-state index >= 15 is 0 Å². The molecule has 0 spiro atoms. The first-order valence-corrected chi connectivity index (χ1v) is 6.01. The van der Waals surface area contributed by atoms with Gasteiger partial charge in [0.25, 0.3) is 5.69 Å². The molecule has 2 aromatic rings. The Morgan fingerprint density at radius 3 is 2.80 bits per heavy atom. The Hall–Kier alpha value is -2.88. The first kappa shape index (κ1) is 13.5. The van der Waals surface area contributed by atoms with Gasteiger partial charge in [-0.05, 0) is 19.9 Å². The van der Waals surface area contributed by atoms with Crippen molar-refractivity contribution in [3.8, 4) is 6.07 Å². The Kier molecular flexibility index (Phi) is 3.66. The maximum Gasteiger partial charge on any atom is 0.270 e. The van der Waals surface area contributed by atoms with Crippen LogP contribution in [0.3, 0.4) is 0 Å². The first-order valence-electron chi connectivity index (χ1n) is 6.01.